The van der Waals surface area contributed by atoms with Crippen molar-refractivity contribution >= 4 is 5.91 Å². The van der Waals surface area contributed by atoms with E-state index in [0.717, 1.165) is 11.4 Å². The molecule has 0 bridgehead atoms. The Balaban J connectivity index is 1.42. The zero-order valence-electron chi connectivity index (χ0n) is 14.8. The van der Waals surface area contributed by atoms with Gasteiger partial charge in [-0.25, -0.2) is 14.4 Å². The summed E-state index contributed by atoms with van der Waals surface area (Å²) in [5.41, 5.74) is 2.16. The quantitative estimate of drug-likeness (QED) is 0.708. The van der Waals surface area contributed by atoms with Crippen molar-refractivity contribution in [1.82, 2.24) is 14.9 Å². The molecule has 0 saturated heterocycles. The van der Waals surface area contributed by atoms with Crippen LogP contribution in [0.2, 0.25) is 0 Å². The van der Waals surface area contributed by atoms with Crippen molar-refractivity contribution in [2.75, 3.05) is 6.54 Å². The third-order valence-corrected chi connectivity index (χ3v) is 4.36. The molecule has 0 N–H and O–H groups in total. The van der Waals surface area contributed by atoms with Crippen LogP contribution in [0.5, 0.6) is 5.88 Å². The van der Waals surface area contributed by atoms with E-state index < -0.39 is 0 Å². The number of amides is 1. The Bertz CT molecular complexity index is 969. The minimum Gasteiger partial charge on any atom is -0.468 e. The van der Waals surface area contributed by atoms with Gasteiger partial charge in [-0.15, -0.1) is 0 Å². The number of aromatic nitrogens is 2. The zero-order valence-corrected chi connectivity index (χ0v) is 14.8. The van der Waals surface area contributed by atoms with E-state index in [1.807, 2.05) is 19.1 Å². The van der Waals surface area contributed by atoms with Crippen molar-refractivity contribution in [2.24, 2.45) is 0 Å². The Kier molecular flexibility index (Phi) is 4.58. The van der Waals surface area contributed by atoms with Gasteiger partial charge < -0.3 is 14.1 Å². The maximum atomic E-state index is 13.0. The first-order valence-corrected chi connectivity index (χ1v) is 8.67. The predicted octanol–water partition coefficient (Wildman–Crippen LogP) is 3.29. The third kappa shape index (κ3) is 3.81. The van der Waals surface area contributed by atoms with Gasteiger partial charge in [-0.3, -0.25) is 4.79 Å². The van der Waals surface area contributed by atoms with Crippen LogP contribution in [0.3, 0.4) is 0 Å². The summed E-state index contributed by atoms with van der Waals surface area (Å²) in [4.78, 5) is 23.0. The van der Waals surface area contributed by atoms with Crippen LogP contribution in [0, 0.1) is 12.7 Å². The van der Waals surface area contributed by atoms with Crippen LogP contribution in [0.1, 0.15) is 33.4 Å². The lowest BCUT2D eigenvalue weighted by Gasteiger charge is -2.25. The summed E-state index contributed by atoms with van der Waals surface area (Å²) in [5, 5.41) is 0. The van der Waals surface area contributed by atoms with Gasteiger partial charge in [0.1, 0.15) is 11.6 Å². The third-order valence-electron chi connectivity index (χ3n) is 4.36. The molecule has 6 nitrogen and oxygen atoms in total. The molecule has 0 fully saturated rings. The average molecular weight is 367 g/mol. The molecule has 0 unspecified atom stereocenters. The second-order valence-electron chi connectivity index (χ2n) is 6.37. The van der Waals surface area contributed by atoms with Crippen LogP contribution < -0.4 is 4.74 Å². The highest BCUT2D eigenvalue weighted by Gasteiger charge is 2.26. The van der Waals surface area contributed by atoms with Crippen LogP contribution in [0.25, 0.3) is 0 Å². The normalized spacial score (nSPS) is 13.3. The molecule has 0 aliphatic carbocycles. The first-order chi connectivity index (χ1) is 13.1. The second-order valence-corrected chi connectivity index (χ2v) is 6.37. The highest BCUT2D eigenvalue weighted by atomic mass is 19.1. The molecule has 3 heterocycles. The van der Waals surface area contributed by atoms with E-state index in [2.05, 4.69) is 9.97 Å². The van der Waals surface area contributed by atoms with Gasteiger partial charge in [0.05, 0.1) is 12.2 Å². The van der Waals surface area contributed by atoms with E-state index in [4.69, 9.17) is 9.15 Å². The first-order valence-electron chi connectivity index (χ1n) is 8.67. The molecule has 138 valence electrons. The summed E-state index contributed by atoms with van der Waals surface area (Å²) in [6.07, 6.45) is 0.606. The molecule has 1 amide bonds. The summed E-state index contributed by atoms with van der Waals surface area (Å²) in [6, 6.07) is 11.1. The standard InChI is InChI=1S/C20H18FN3O3/c1-13-3-2-4-18(22-13)26-12-19-23-16-9-10-24(11-17(16)27-19)20(25)14-5-7-15(21)8-6-14/h2-8H,9-12H2,1H3. The summed E-state index contributed by atoms with van der Waals surface area (Å²) in [5.74, 6) is 1.11. The van der Waals surface area contributed by atoms with Gasteiger partial charge in [0.25, 0.3) is 5.91 Å². The Morgan fingerprint density at radius 3 is 2.81 bits per heavy atom. The minimum atomic E-state index is -0.365. The van der Waals surface area contributed by atoms with Crippen LogP contribution >= 0.6 is 0 Å². The lowest BCUT2D eigenvalue weighted by Crippen LogP contribution is -2.35. The number of aryl methyl sites for hydroxylation is 1. The molecule has 1 aliphatic rings. The number of hydrogen-bond acceptors (Lipinski definition) is 5. The second kappa shape index (κ2) is 7.19. The molecule has 27 heavy (non-hydrogen) atoms. The lowest BCUT2D eigenvalue weighted by atomic mass is 10.1. The number of carbonyl (C=O) groups excluding carboxylic acids is 1. The number of fused-ring (bicyclic) bond motifs is 1. The molecule has 0 radical (unpaired) electrons. The van der Waals surface area contributed by atoms with Crippen molar-refractivity contribution in [3.63, 3.8) is 0 Å². The number of ether oxygens (including phenoxy) is 1. The Labute approximate surface area is 155 Å². The van der Waals surface area contributed by atoms with Crippen molar-refractivity contribution in [3.8, 4) is 5.88 Å². The number of oxazole rings is 1. The van der Waals surface area contributed by atoms with E-state index in [0.29, 0.717) is 42.6 Å². The van der Waals surface area contributed by atoms with Crippen LogP contribution in [-0.4, -0.2) is 27.3 Å². The summed E-state index contributed by atoms with van der Waals surface area (Å²) in [6.45, 7) is 2.94. The predicted molar refractivity (Wildman–Crippen MR) is 94.7 cm³/mol. The molecule has 4 rings (SSSR count). The van der Waals surface area contributed by atoms with E-state index in [1.165, 1.54) is 24.3 Å². The lowest BCUT2D eigenvalue weighted by molar-refractivity contribution is 0.0718. The molecular formula is C20H18FN3O3. The molecule has 7 heteroatoms. The highest BCUT2D eigenvalue weighted by Crippen LogP contribution is 2.22. The number of rotatable bonds is 4. The van der Waals surface area contributed by atoms with Gasteiger partial charge in [0.2, 0.25) is 11.8 Å². The molecule has 0 saturated carbocycles. The van der Waals surface area contributed by atoms with E-state index in [9.17, 15) is 9.18 Å². The average Bonchev–Trinajstić information content (AvgIpc) is 3.08. The molecule has 2 aromatic heterocycles. The van der Waals surface area contributed by atoms with Crippen LogP contribution in [0.15, 0.2) is 46.9 Å². The van der Waals surface area contributed by atoms with Crippen molar-refractivity contribution in [1.29, 1.82) is 0 Å². The number of halogens is 1. The fourth-order valence-corrected chi connectivity index (χ4v) is 2.99. The monoisotopic (exact) mass is 367 g/mol. The molecule has 0 atom stereocenters. The number of pyridine rings is 1. The minimum absolute atomic E-state index is 0.154. The molecular weight excluding hydrogens is 349 g/mol. The number of carbonyl (C=O) groups is 1. The van der Waals surface area contributed by atoms with Gasteiger partial charge >= 0.3 is 0 Å². The fraction of sp³-hybridized carbons (Fsp3) is 0.250. The van der Waals surface area contributed by atoms with Crippen molar-refractivity contribution in [2.45, 2.75) is 26.5 Å². The molecule has 0 spiro atoms. The topological polar surface area (TPSA) is 68.5 Å². The Morgan fingerprint density at radius 2 is 2.04 bits per heavy atom. The number of benzene rings is 1. The highest BCUT2D eigenvalue weighted by molar-refractivity contribution is 5.94. The van der Waals surface area contributed by atoms with Gasteiger partial charge in [-0.1, -0.05) is 6.07 Å². The van der Waals surface area contributed by atoms with Gasteiger partial charge in [-0.05, 0) is 37.3 Å². The van der Waals surface area contributed by atoms with Crippen LogP contribution in [-0.2, 0) is 19.6 Å². The zero-order chi connectivity index (χ0) is 18.8. The summed E-state index contributed by atoms with van der Waals surface area (Å²) >= 11 is 0. The number of hydrogen-bond donors (Lipinski definition) is 0. The molecule has 1 aromatic carbocycles. The van der Waals surface area contributed by atoms with E-state index >= 15 is 0 Å². The molecule has 1 aliphatic heterocycles. The SMILES string of the molecule is Cc1cccc(OCc2nc3c(o2)CN(C(=O)c2ccc(F)cc2)CC3)n1. The smallest absolute Gasteiger partial charge is 0.254 e. The van der Waals surface area contributed by atoms with Crippen molar-refractivity contribution in [3.05, 3.63) is 76.9 Å². The first kappa shape index (κ1) is 17.2. The maximum absolute atomic E-state index is 13.0. The van der Waals surface area contributed by atoms with E-state index in [1.54, 1.807) is 11.0 Å². The number of nitrogens with zero attached hydrogens (tertiary/aromatic N) is 3. The fourth-order valence-electron chi connectivity index (χ4n) is 2.99. The Hall–Kier alpha value is -3.22. The maximum Gasteiger partial charge on any atom is 0.254 e. The van der Waals surface area contributed by atoms with Crippen molar-refractivity contribution < 1.29 is 18.3 Å². The van der Waals surface area contributed by atoms with Crippen LogP contribution in [0.4, 0.5) is 4.39 Å². The Morgan fingerprint density at radius 1 is 1.22 bits per heavy atom. The summed E-state index contributed by atoms with van der Waals surface area (Å²) < 4.78 is 24.4. The van der Waals surface area contributed by atoms with Gasteiger partial charge in [-0.2, -0.15) is 0 Å². The molecule has 3 aromatic rings. The van der Waals surface area contributed by atoms with Gasteiger partial charge in [0, 0.05) is 30.3 Å². The largest absolute Gasteiger partial charge is 0.468 e. The van der Waals surface area contributed by atoms with Gasteiger partial charge in [0.15, 0.2) is 6.61 Å². The van der Waals surface area contributed by atoms with E-state index in [-0.39, 0.29) is 18.3 Å². The summed E-state index contributed by atoms with van der Waals surface area (Å²) in [7, 11) is 0.